The summed E-state index contributed by atoms with van der Waals surface area (Å²) >= 11 is 0. The van der Waals surface area contributed by atoms with E-state index in [0.717, 1.165) is 35.3 Å². The van der Waals surface area contributed by atoms with Crippen LogP contribution in [0.2, 0.25) is 0 Å². The number of fused-ring (bicyclic) bond motifs is 1. The lowest BCUT2D eigenvalue weighted by atomic mass is 9.74. The van der Waals surface area contributed by atoms with E-state index in [9.17, 15) is 4.79 Å². The summed E-state index contributed by atoms with van der Waals surface area (Å²) in [5.74, 6) is -0.0833. The van der Waals surface area contributed by atoms with Crippen LogP contribution in [0, 0.1) is 5.41 Å². The molecule has 0 bridgehead atoms. The number of carbonyl (C=O) groups excluding carboxylic acids is 1. The largest absolute Gasteiger partial charge is 0.345 e. The lowest BCUT2D eigenvalue weighted by molar-refractivity contribution is 0.0919. The number of rotatable bonds is 5. The fraction of sp³-hybridized carbons (Fsp3) is 0.292. The van der Waals surface area contributed by atoms with Crippen molar-refractivity contribution in [2.75, 3.05) is 0 Å². The van der Waals surface area contributed by atoms with Gasteiger partial charge in [0, 0.05) is 11.1 Å². The Balaban J connectivity index is 1.36. The monoisotopic (exact) mass is 427 g/mol. The Bertz CT molecular complexity index is 1210. The molecule has 0 spiro atoms. The van der Waals surface area contributed by atoms with E-state index in [-0.39, 0.29) is 17.4 Å². The van der Waals surface area contributed by atoms with Crippen molar-refractivity contribution in [2.24, 2.45) is 5.41 Å². The second-order valence-electron chi connectivity index (χ2n) is 9.07. The van der Waals surface area contributed by atoms with Crippen LogP contribution in [0.5, 0.6) is 0 Å². The summed E-state index contributed by atoms with van der Waals surface area (Å²) in [5, 5.41) is 19.1. The van der Waals surface area contributed by atoms with Gasteiger partial charge in [-0.15, -0.1) is 5.10 Å². The highest BCUT2D eigenvalue weighted by Gasteiger charge is 2.36. The fourth-order valence-electron chi connectivity index (χ4n) is 4.41. The number of nitrogens with one attached hydrogen (secondary N) is 1. The predicted molar refractivity (Wildman–Crippen MR) is 119 cm³/mol. The van der Waals surface area contributed by atoms with E-state index in [4.69, 9.17) is 0 Å². The van der Waals surface area contributed by atoms with E-state index in [0.29, 0.717) is 12.1 Å². The molecule has 1 atom stereocenters. The molecule has 4 aromatic rings. The average molecular weight is 428 g/mol. The highest BCUT2D eigenvalue weighted by molar-refractivity contribution is 5.94. The van der Waals surface area contributed by atoms with Gasteiger partial charge in [-0.2, -0.15) is 5.10 Å². The molecule has 32 heavy (non-hydrogen) atoms. The highest BCUT2D eigenvalue weighted by Crippen LogP contribution is 2.41. The molecule has 5 rings (SSSR count). The molecule has 0 fully saturated rings. The Hall–Kier alpha value is -3.81. The molecule has 1 unspecified atom stereocenters. The van der Waals surface area contributed by atoms with Gasteiger partial charge in [0.25, 0.3) is 5.91 Å². The van der Waals surface area contributed by atoms with E-state index < -0.39 is 0 Å². The lowest BCUT2D eigenvalue weighted by Crippen LogP contribution is -2.36. The van der Waals surface area contributed by atoms with Gasteiger partial charge >= 0.3 is 0 Å². The van der Waals surface area contributed by atoms with E-state index in [1.807, 2.05) is 53.3 Å². The topological polar surface area (TPSA) is 90.5 Å². The SMILES string of the molecule is CC1(C)Cc2c(cnn2-c2ccccc2)C(NC(=O)c2ccc(Cn3cnnn3)cc2)C1. The van der Waals surface area contributed by atoms with Gasteiger partial charge in [-0.3, -0.25) is 4.79 Å². The maximum atomic E-state index is 13.1. The van der Waals surface area contributed by atoms with E-state index in [2.05, 4.69) is 51.9 Å². The van der Waals surface area contributed by atoms with Crippen LogP contribution < -0.4 is 5.32 Å². The molecule has 8 heteroatoms. The number of carbonyl (C=O) groups is 1. The predicted octanol–water partition coefficient (Wildman–Crippen LogP) is 3.35. The molecule has 162 valence electrons. The third-order valence-electron chi connectivity index (χ3n) is 5.94. The van der Waals surface area contributed by atoms with Crippen molar-refractivity contribution in [1.82, 2.24) is 35.3 Å². The quantitative estimate of drug-likeness (QED) is 0.527. The summed E-state index contributed by atoms with van der Waals surface area (Å²) in [7, 11) is 0. The van der Waals surface area contributed by atoms with Gasteiger partial charge in [0.1, 0.15) is 6.33 Å². The molecule has 0 saturated heterocycles. The maximum absolute atomic E-state index is 13.1. The first-order valence-electron chi connectivity index (χ1n) is 10.7. The van der Waals surface area contributed by atoms with Crippen LogP contribution in [0.25, 0.3) is 5.69 Å². The molecule has 1 aliphatic rings. The third-order valence-corrected chi connectivity index (χ3v) is 5.94. The molecule has 0 aliphatic heterocycles. The second kappa shape index (κ2) is 8.03. The Kier molecular flexibility index (Phi) is 5.05. The molecule has 1 amide bonds. The van der Waals surface area contributed by atoms with Gasteiger partial charge in [-0.05, 0) is 58.5 Å². The molecule has 2 aromatic carbocycles. The van der Waals surface area contributed by atoms with Gasteiger partial charge in [0.2, 0.25) is 0 Å². The molecular weight excluding hydrogens is 402 g/mol. The molecule has 0 saturated carbocycles. The van der Waals surface area contributed by atoms with Gasteiger partial charge < -0.3 is 5.32 Å². The van der Waals surface area contributed by atoms with Crippen molar-refractivity contribution < 1.29 is 4.79 Å². The Morgan fingerprint density at radius 2 is 1.91 bits per heavy atom. The summed E-state index contributed by atoms with van der Waals surface area (Å²) in [5.41, 5.74) is 5.00. The van der Waals surface area contributed by atoms with E-state index in [1.165, 1.54) is 0 Å². The van der Waals surface area contributed by atoms with Gasteiger partial charge in [0.05, 0.1) is 30.2 Å². The number of para-hydroxylation sites is 1. The normalized spacial score (nSPS) is 17.0. The number of benzene rings is 2. The van der Waals surface area contributed by atoms with Crippen molar-refractivity contribution >= 4 is 5.91 Å². The van der Waals surface area contributed by atoms with Gasteiger partial charge in [-0.25, -0.2) is 9.36 Å². The number of hydrogen-bond acceptors (Lipinski definition) is 5. The molecule has 1 N–H and O–H groups in total. The summed E-state index contributed by atoms with van der Waals surface area (Å²) in [6, 6.07) is 17.6. The van der Waals surface area contributed by atoms with E-state index >= 15 is 0 Å². The van der Waals surface area contributed by atoms with Crippen LogP contribution >= 0.6 is 0 Å². The first-order chi connectivity index (χ1) is 15.5. The zero-order valence-electron chi connectivity index (χ0n) is 18.1. The minimum absolute atomic E-state index is 0.0488. The first-order valence-corrected chi connectivity index (χ1v) is 10.7. The van der Waals surface area contributed by atoms with Crippen molar-refractivity contribution in [3.8, 4) is 5.69 Å². The number of nitrogens with zero attached hydrogens (tertiary/aromatic N) is 6. The van der Waals surface area contributed by atoms with Crippen LogP contribution in [-0.2, 0) is 13.0 Å². The van der Waals surface area contributed by atoms with Crippen molar-refractivity contribution in [2.45, 2.75) is 39.3 Å². The Labute approximate surface area is 186 Å². The van der Waals surface area contributed by atoms with Crippen molar-refractivity contribution in [3.63, 3.8) is 0 Å². The van der Waals surface area contributed by atoms with Gasteiger partial charge in [0.15, 0.2) is 0 Å². The molecule has 2 aromatic heterocycles. The standard InChI is InChI=1S/C24H25N7O/c1-24(2)12-21(20-14-26-31(22(20)13-24)19-6-4-3-5-7-19)27-23(32)18-10-8-17(9-11-18)15-30-16-25-28-29-30/h3-11,14,16,21H,12-13,15H2,1-2H3,(H,27,32). The first kappa shape index (κ1) is 20.1. The zero-order valence-corrected chi connectivity index (χ0v) is 18.1. The molecular formula is C24H25N7O. The lowest BCUT2D eigenvalue weighted by Gasteiger charge is -2.36. The third kappa shape index (κ3) is 4.03. The van der Waals surface area contributed by atoms with Crippen LogP contribution in [0.15, 0.2) is 67.1 Å². The zero-order chi connectivity index (χ0) is 22.1. The molecule has 1 aliphatic carbocycles. The van der Waals surface area contributed by atoms with Crippen LogP contribution in [-0.4, -0.2) is 35.9 Å². The summed E-state index contributed by atoms with van der Waals surface area (Å²) in [6.45, 7) is 5.05. The fourth-order valence-corrected chi connectivity index (χ4v) is 4.41. The van der Waals surface area contributed by atoms with Crippen LogP contribution in [0.1, 0.15) is 53.5 Å². The van der Waals surface area contributed by atoms with Gasteiger partial charge in [-0.1, -0.05) is 44.2 Å². The average Bonchev–Trinajstić information content (AvgIpc) is 3.44. The smallest absolute Gasteiger partial charge is 0.251 e. The molecule has 0 radical (unpaired) electrons. The summed E-state index contributed by atoms with van der Waals surface area (Å²) < 4.78 is 3.65. The minimum atomic E-state index is -0.0837. The number of amides is 1. The number of tetrazole rings is 1. The molecule has 2 heterocycles. The number of aromatic nitrogens is 6. The van der Waals surface area contributed by atoms with Crippen LogP contribution in [0.3, 0.4) is 0 Å². The number of hydrogen-bond donors (Lipinski definition) is 1. The second-order valence-corrected chi connectivity index (χ2v) is 9.07. The van der Waals surface area contributed by atoms with Crippen molar-refractivity contribution in [1.29, 1.82) is 0 Å². The summed E-state index contributed by atoms with van der Waals surface area (Å²) in [6.07, 6.45) is 5.25. The van der Waals surface area contributed by atoms with Crippen molar-refractivity contribution in [3.05, 3.63) is 89.5 Å². The Morgan fingerprint density at radius 1 is 1.12 bits per heavy atom. The van der Waals surface area contributed by atoms with Crippen LogP contribution in [0.4, 0.5) is 0 Å². The highest BCUT2D eigenvalue weighted by atomic mass is 16.1. The maximum Gasteiger partial charge on any atom is 0.251 e. The van der Waals surface area contributed by atoms with E-state index in [1.54, 1.807) is 11.0 Å². The minimum Gasteiger partial charge on any atom is -0.345 e. The molecule has 8 nitrogen and oxygen atoms in total. The Morgan fingerprint density at radius 3 is 2.62 bits per heavy atom. The summed E-state index contributed by atoms with van der Waals surface area (Å²) in [4.78, 5) is 13.1.